The second kappa shape index (κ2) is 6.33. The maximum atomic E-state index is 13.5. The lowest BCUT2D eigenvalue weighted by atomic mass is 10.1. The molecule has 102 valence electrons. The Balaban J connectivity index is 3.17. The summed E-state index contributed by atoms with van der Waals surface area (Å²) < 4.78 is 18.2. The van der Waals surface area contributed by atoms with Gasteiger partial charge in [0.2, 0.25) is 0 Å². The smallest absolute Gasteiger partial charge is 0.411 e. The fourth-order valence-corrected chi connectivity index (χ4v) is 1.67. The van der Waals surface area contributed by atoms with Crippen LogP contribution >= 0.6 is 15.9 Å². The van der Waals surface area contributed by atoms with Gasteiger partial charge in [0.1, 0.15) is 12.4 Å². The molecule has 0 aliphatic carbocycles. The summed E-state index contributed by atoms with van der Waals surface area (Å²) in [6.45, 7) is 4.83. The van der Waals surface area contributed by atoms with Crippen LogP contribution in [0, 0.1) is 12.7 Å². The number of ether oxygens (including phenoxy) is 1. The van der Waals surface area contributed by atoms with Crippen LogP contribution in [-0.2, 0) is 4.74 Å². The van der Waals surface area contributed by atoms with E-state index < -0.39 is 17.9 Å². The van der Waals surface area contributed by atoms with Crippen LogP contribution in [0.25, 0.3) is 0 Å². The number of benzene rings is 1. The first-order valence-corrected chi connectivity index (χ1v) is 5.94. The lowest BCUT2D eigenvalue weighted by molar-refractivity contribution is 0.0697. The fraction of sp³-hybridized carbons (Fsp3) is 0.167. The number of halogens is 2. The van der Waals surface area contributed by atoms with Crippen LogP contribution in [0.4, 0.5) is 14.9 Å². The van der Waals surface area contributed by atoms with Gasteiger partial charge in [-0.3, -0.25) is 5.32 Å². The van der Waals surface area contributed by atoms with Crippen LogP contribution in [0.1, 0.15) is 15.9 Å². The summed E-state index contributed by atoms with van der Waals surface area (Å²) in [6, 6.07) is 0.822. The number of carbonyl (C=O) groups excluding carboxylic acids is 1. The van der Waals surface area contributed by atoms with Crippen molar-refractivity contribution < 1.29 is 23.8 Å². The highest BCUT2D eigenvalue weighted by molar-refractivity contribution is 9.10. The number of carboxylic acids is 1. The largest absolute Gasteiger partial charge is 0.478 e. The second-order valence-electron chi connectivity index (χ2n) is 3.54. The molecule has 7 heteroatoms. The van der Waals surface area contributed by atoms with Gasteiger partial charge in [-0.1, -0.05) is 12.7 Å². The van der Waals surface area contributed by atoms with Crippen molar-refractivity contribution in [1.82, 2.24) is 0 Å². The Kier molecular flexibility index (Phi) is 5.05. The van der Waals surface area contributed by atoms with E-state index in [2.05, 4.69) is 32.6 Å². The minimum Gasteiger partial charge on any atom is -0.478 e. The third kappa shape index (κ3) is 3.54. The summed E-state index contributed by atoms with van der Waals surface area (Å²) >= 11 is 2.98. The highest BCUT2D eigenvalue weighted by atomic mass is 79.9. The molecule has 1 aromatic carbocycles. The van der Waals surface area contributed by atoms with Crippen molar-refractivity contribution in [1.29, 1.82) is 0 Å². The van der Waals surface area contributed by atoms with Crippen LogP contribution in [0.3, 0.4) is 0 Å². The zero-order valence-corrected chi connectivity index (χ0v) is 11.6. The molecule has 0 aliphatic rings. The van der Waals surface area contributed by atoms with Gasteiger partial charge in [-0.2, -0.15) is 0 Å². The summed E-state index contributed by atoms with van der Waals surface area (Å²) in [7, 11) is 0. The molecule has 1 rings (SSSR count). The molecule has 1 amide bonds. The van der Waals surface area contributed by atoms with Gasteiger partial charge in [-0.15, -0.1) is 0 Å². The molecule has 0 atom stereocenters. The molecule has 0 aliphatic heterocycles. The van der Waals surface area contributed by atoms with Gasteiger partial charge >= 0.3 is 12.1 Å². The van der Waals surface area contributed by atoms with E-state index in [9.17, 15) is 14.0 Å². The molecule has 0 spiro atoms. The molecule has 1 aromatic rings. The van der Waals surface area contributed by atoms with Crippen molar-refractivity contribution in [3.63, 3.8) is 0 Å². The van der Waals surface area contributed by atoms with E-state index in [-0.39, 0.29) is 27.9 Å². The number of amides is 1. The highest BCUT2D eigenvalue weighted by Gasteiger charge is 2.20. The van der Waals surface area contributed by atoms with E-state index in [1.807, 2.05) is 0 Å². The summed E-state index contributed by atoms with van der Waals surface area (Å²) in [4.78, 5) is 22.5. The number of carboxylic acid groups (broad SMARTS) is 1. The Morgan fingerprint density at radius 1 is 1.63 bits per heavy atom. The lowest BCUT2D eigenvalue weighted by Crippen LogP contribution is -2.17. The molecular formula is C12H11BrFNO4. The third-order valence-corrected chi connectivity index (χ3v) is 3.22. The molecule has 0 unspecified atom stereocenters. The van der Waals surface area contributed by atoms with Crippen LogP contribution in [0.15, 0.2) is 23.2 Å². The highest BCUT2D eigenvalue weighted by Crippen LogP contribution is 2.30. The zero-order chi connectivity index (χ0) is 14.6. The second-order valence-corrected chi connectivity index (χ2v) is 4.33. The number of carbonyl (C=O) groups is 2. The van der Waals surface area contributed by atoms with E-state index in [1.165, 1.54) is 13.0 Å². The molecule has 0 radical (unpaired) electrons. The number of aromatic carboxylic acids is 1. The number of hydrogen-bond donors (Lipinski definition) is 2. The Labute approximate surface area is 117 Å². The van der Waals surface area contributed by atoms with Crippen LogP contribution < -0.4 is 5.32 Å². The van der Waals surface area contributed by atoms with E-state index >= 15 is 0 Å². The Morgan fingerprint density at radius 2 is 2.26 bits per heavy atom. The van der Waals surface area contributed by atoms with Crippen LogP contribution in [0.2, 0.25) is 0 Å². The van der Waals surface area contributed by atoms with E-state index in [1.54, 1.807) is 0 Å². The standard InChI is InChI=1S/C12H11BrFNO4/c1-3-4-19-12(18)15-10-6(2)9(13)8(14)5-7(10)11(16)17/h3,5H,1,4H2,2H3,(H,15,18)(H,16,17). The quantitative estimate of drug-likeness (QED) is 0.830. The SMILES string of the molecule is C=CCOC(=O)Nc1c(C(=O)O)cc(F)c(Br)c1C. The van der Waals surface area contributed by atoms with Gasteiger partial charge in [0, 0.05) is 0 Å². The fourth-order valence-electron chi connectivity index (χ4n) is 1.36. The Hall–Kier alpha value is -1.89. The topological polar surface area (TPSA) is 75.6 Å². The van der Waals surface area contributed by atoms with Crippen molar-refractivity contribution in [2.75, 3.05) is 11.9 Å². The normalized spacial score (nSPS) is 9.84. The summed E-state index contributed by atoms with van der Waals surface area (Å²) in [5.41, 5.74) is -0.114. The van der Waals surface area contributed by atoms with E-state index in [0.717, 1.165) is 6.07 Å². The number of nitrogens with one attached hydrogen (secondary N) is 1. The molecule has 5 nitrogen and oxygen atoms in total. The zero-order valence-electron chi connectivity index (χ0n) is 10.00. The van der Waals surface area contributed by atoms with E-state index in [4.69, 9.17) is 5.11 Å². The molecule has 0 bridgehead atoms. The predicted molar refractivity (Wildman–Crippen MR) is 71.0 cm³/mol. The van der Waals surface area contributed by atoms with Crippen molar-refractivity contribution in [2.45, 2.75) is 6.92 Å². The monoisotopic (exact) mass is 331 g/mol. The summed E-state index contributed by atoms with van der Waals surface area (Å²) in [5.74, 6) is -2.08. The van der Waals surface area contributed by atoms with Gasteiger partial charge in [0.25, 0.3) is 0 Å². The molecule has 0 heterocycles. The van der Waals surface area contributed by atoms with Crippen molar-refractivity contribution in [2.24, 2.45) is 0 Å². The number of hydrogen-bond acceptors (Lipinski definition) is 3. The average molecular weight is 332 g/mol. The minimum atomic E-state index is -1.35. The summed E-state index contributed by atoms with van der Waals surface area (Å²) in [6.07, 6.45) is 0.523. The molecule has 19 heavy (non-hydrogen) atoms. The van der Waals surface area contributed by atoms with Crippen molar-refractivity contribution in [3.8, 4) is 0 Å². The Morgan fingerprint density at radius 3 is 2.79 bits per heavy atom. The molecule has 0 aromatic heterocycles. The Bertz CT molecular complexity index is 545. The van der Waals surface area contributed by atoms with Crippen molar-refractivity contribution >= 4 is 33.7 Å². The van der Waals surface area contributed by atoms with Gasteiger partial charge in [-0.25, -0.2) is 14.0 Å². The van der Waals surface area contributed by atoms with Gasteiger partial charge in [0.05, 0.1) is 15.7 Å². The molecule has 0 saturated carbocycles. The number of rotatable bonds is 4. The predicted octanol–water partition coefficient (Wildman–Crippen LogP) is 3.33. The lowest BCUT2D eigenvalue weighted by Gasteiger charge is -2.13. The maximum absolute atomic E-state index is 13.5. The van der Waals surface area contributed by atoms with Gasteiger partial charge < -0.3 is 9.84 Å². The molecule has 0 fully saturated rings. The van der Waals surface area contributed by atoms with Crippen molar-refractivity contribution in [3.05, 3.63) is 40.1 Å². The molecule has 0 saturated heterocycles. The summed E-state index contributed by atoms with van der Waals surface area (Å²) in [5, 5.41) is 11.3. The van der Waals surface area contributed by atoms with E-state index in [0.29, 0.717) is 0 Å². The van der Waals surface area contributed by atoms with Gasteiger partial charge in [-0.05, 0) is 34.5 Å². The first-order valence-electron chi connectivity index (χ1n) is 5.15. The minimum absolute atomic E-state index is 0.0182. The first-order chi connectivity index (χ1) is 8.88. The molecular weight excluding hydrogens is 321 g/mol. The average Bonchev–Trinajstić information content (AvgIpc) is 2.36. The van der Waals surface area contributed by atoms with Crippen LogP contribution in [0.5, 0.6) is 0 Å². The third-order valence-electron chi connectivity index (χ3n) is 2.24. The first kappa shape index (κ1) is 15.2. The number of anilines is 1. The maximum Gasteiger partial charge on any atom is 0.411 e. The van der Waals surface area contributed by atoms with Crippen LogP contribution in [-0.4, -0.2) is 23.8 Å². The molecule has 2 N–H and O–H groups in total. The van der Waals surface area contributed by atoms with Gasteiger partial charge in [0.15, 0.2) is 0 Å².